The van der Waals surface area contributed by atoms with Crippen molar-refractivity contribution in [2.24, 2.45) is 5.92 Å². The molecule has 3 rings (SSSR count). The number of hydrogen-bond donors (Lipinski definition) is 0. The van der Waals surface area contributed by atoms with Gasteiger partial charge in [-0.1, -0.05) is 49.4 Å². The van der Waals surface area contributed by atoms with Gasteiger partial charge in [-0.15, -0.1) is 0 Å². The first-order chi connectivity index (χ1) is 11.3. The molecule has 1 aliphatic heterocycles. The second kappa shape index (κ2) is 6.46. The summed E-state index contributed by atoms with van der Waals surface area (Å²) in [6.45, 7) is 8.78. The molecule has 0 radical (unpaired) electrons. The van der Waals surface area contributed by atoms with E-state index in [-0.39, 0.29) is 12.1 Å². The number of rotatable bonds is 2. The van der Waals surface area contributed by atoms with Crippen molar-refractivity contribution >= 4 is 16.9 Å². The monoisotopic (exact) mass is 325 g/mol. The Morgan fingerprint density at radius 1 is 1.17 bits per heavy atom. The van der Waals surface area contributed by atoms with Gasteiger partial charge in [0.25, 0.3) is 0 Å². The maximum Gasteiger partial charge on any atom is 0.410 e. The maximum absolute atomic E-state index is 12.5. The topological polar surface area (TPSA) is 29.5 Å². The highest BCUT2D eigenvalue weighted by molar-refractivity contribution is 5.83. The number of likely N-dealkylation sites (tertiary alicyclic amines) is 1. The Morgan fingerprint density at radius 3 is 2.58 bits per heavy atom. The van der Waals surface area contributed by atoms with E-state index in [1.54, 1.807) is 0 Å². The predicted octanol–water partition coefficient (Wildman–Crippen LogP) is 5.03. The van der Waals surface area contributed by atoms with Crippen LogP contribution in [0.2, 0.25) is 0 Å². The van der Waals surface area contributed by atoms with Crippen LogP contribution < -0.4 is 0 Å². The van der Waals surface area contributed by atoms with Crippen LogP contribution in [0.4, 0.5) is 4.79 Å². The molecule has 2 atom stereocenters. The molecule has 1 fully saturated rings. The SMILES string of the molecule is C[C@H]1CCN(C(=O)OC(C)(C)C)[C@@H]1Cc1ccc2ccccc2c1. The van der Waals surface area contributed by atoms with Gasteiger partial charge in [-0.05, 0) is 55.9 Å². The summed E-state index contributed by atoms with van der Waals surface area (Å²) in [6, 6.07) is 15.2. The molecular formula is C21H27NO2. The molecule has 0 saturated carbocycles. The third-order valence-corrected chi connectivity index (χ3v) is 4.77. The van der Waals surface area contributed by atoms with E-state index in [9.17, 15) is 4.79 Å². The summed E-state index contributed by atoms with van der Waals surface area (Å²) < 4.78 is 5.60. The molecule has 0 aromatic heterocycles. The lowest BCUT2D eigenvalue weighted by molar-refractivity contribution is 0.0211. The van der Waals surface area contributed by atoms with Crippen LogP contribution in [0.3, 0.4) is 0 Å². The average Bonchev–Trinajstić information content (AvgIpc) is 2.87. The van der Waals surface area contributed by atoms with Gasteiger partial charge in [-0.25, -0.2) is 4.79 Å². The van der Waals surface area contributed by atoms with Crippen LogP contribution in [0.25, 0.3) is 10.8 Å². The van der Waals surface area contributed by atoms with Gasteiger partial charge in [0.15, 0.2) is 0 Å². The third kappa shape index (κ3) is 3.72. The molecule has 3 nitrogen and oxygen atoms in total. The largest absolute Gasteiger partial charge is 0.444 e. The van der Waals surface area contributed by atoms with Crippen LogP contribution in [-0.4, -0.2) is 29.2 Å². The van der Waals surface area contributed by atoms with Gasteiger partial charge >= 0.3 is 6.09 Å². The van der Waals surface area contributed by atoms with Crippen molar-refractivity contribution in [1.29, 1.82) is 0 Å². The third-order valence-electron chi connectivity index (χ3n) is 4.77. The Labute approximate surface area is 144 Å². The van der Waals surface area contributed by atoms with Gasteiger partial charge in [0.05, 0.1) is 0 Å². The van der Waals surface area contributed by atoms with Crippen LogP contribution >= 0.6 is 0 Å². The average molecular weight is 325 g/mol. The van der Waals surface area contributed by atoms with E-state index in [1.165, 1.54) is 16.3 Å². The normalized spacial score (nSPS) is 21.2. The van der Waals surface area contributed by atoms with Gasteiger partial charge in [-0.2, -0.15) is 0 Å². The lowest BCUT2D eigenvalue weighted by atomic mass is 9.94. The van der Waals surface area contributed by atoms with Crippen LogP contribution in [0.1, 0.15) is 39.7 Å². The minimum Gasteiger partial charge on any atom is -0.444 e. The first kappa shape index (κ1) is 16.8. The molecule has 3 heteroatoms. The Hall–Kier alpha value is -2.03. The summed E-state index contributed by atoms with van der Waals surface area (Å²) in [5.74, 6) is 0.490. The zero-order valence-corrected chi connectivity index (χ0v) is 15.1. The van der Waals surface area contributed by atoms with E-state index in [1.807, 2.05) is 25.7 Å². The molecule has 2 aromatic carbocycles. The Bertz CT molecular complexity index is 732. The first-order valence-corrected chi connectivity index (χ1v) is 8.81. The van der Waals surface area contributed by atoms with E-state index < -0.39 is 5.60 Å². The molecule has 0 N–H and O–H groups in total. The van der Waals surface area contributed by atoms with E-state index in [4.69, 9.17) is 4.74 Å². The van der Waals surface area contributed by atoms with E-state index >= 15 is 0 Å². The minimum absolute atomic E-state index is 0.183. The Kier molecular flexibility index (Phi) is 4.53. The van der Waals surface area contributed by atoms with Crippen LogP contribution in [-0.2, 0) is 11.2 Å². The summed E-state index contributed by atoms with van der Waals surface area (Å²) in [6.07, 6.45) is 1.74. The van der Waals surface area contributed by atoms with Gasteiger partial charge in [0, 0.05) is 12.6 Å². The maximum atomic E-state index is 12.5. The molecule has 0 bridgehead atoms. The lowest BCUT2D eigenvalue weighted by Gasteiger charge is -2.30. The van der Waals surface area contributed by atoms with E-state index in [0.29, 0.717) is 5.92 Å². The van der Waals surface area contributed by atoms with Crippen molar-refractivity contribution in [3.8, 4) is 0 Å². The van der Waals surface area contributed by atoms with E-state index in [2.05, 4.69) is 49.4 Å². The second-order valence-corrected chi connectivity index (χ2v) is 7.89. The van der Waals surface area contributed by atoms with Crippen LogP contribution in [0.15, 0.2) is 42.5 Å². The Morgan fingerprint density at radius 2 is 1.88 bits per heavy atom. The van der Waals surface area contributed by atoms with Crippen molar-refractivity contribution in [3.05, 3.63) is 48.0 Å². The summed E-state index contributed by atoms with van der Waals surface area (Å²) in [5, 5.41) is 2.51. The predicted molar refractivity (Wildman–Crippen MR) is 98.2 cm³/mol. The fourth-order valence-corrected chi connectivity index (χ4v) is 3.47. The fraction of sp³-hybridized carbons (Fsp3) is 0.476. The quantitative estimate of drug-likeness (QED) is 0.775. The molecule has 2 aromatic rings. The van der Waals surface area contributed by atoms with Crippen molar-refractivity contribution in [1.82, 2.24) is 4.90 Å². The van der Waals surface area contributed by atoms with Crippen molar-refractivity contribution in [2.45, 2.75) is 52.2 Å². The smallest absolute Gasteiger partial charge is 0.410 e. The number of ether oxygens (including phenoxy) is 1. The highest BCUT2D eigenvalue weighted by Gasteiger charge is 2.36. The van der Waals surface area contributed by atoms with Crippen LogP contribution in [0.5, 0.6) is 0 Å². The molecule has 1 amide bonds. The molecular weight excluding hydrogens is 298 g/mol. The van der Waals surface area contributed by atoms with Crippen molar-refractivity contribution in [3.63, 3.8) is 0 Å². The summed E-state index contributed by atoms with van der Waals surface area (Å²) in [7, 11) is 0. The number of amides is 1. The van der Waals surface area contributed by atoms with Crippen molar-refractivity contribution < 1.29 is 9.53 Å². The lowest BCUT2D eigenvalue weighted by Crippen LogP contribution is -2.42. The number of carbonyl (C=O) groups excluding carboxylic acids is 1. The van der Waals surface area contributed by atoms with Crippen molar-refractivity contribution in [2.75, 3.05) is 6.54 Å². The molecule has 24 heavy (non-hydrogen) atoms. The minimum atomic E-state index is -0.448. The zero-order chi connectivity index (χ0) is 17.3. The molecule has 0 unspecified atom stereocenters. The second-order valence-electron chi connectivity index (χ2n) is 7.89. The zero-order valence-electron chi connectivity index (χ0n) is 15.1. The fourth-order valence-electron chi connectivity index (χ4n) is 3.47. The number of nitrogens with zero attached hydrogens (tertiary/aromatic N) is 1. The molecule has 1 aliphatic rings. The van der Waals surface area contributed by atoms with Gasteiger partial charge in [0.2, 0.25) is 0 Å². The Balaban J connectivity index is 1.78. The number of fused-ring (bicyclic) bond motifs is 1. The standard InChI is InChI=1S/C21H27NO2/c1-15-11-12-22(20(23)24-21(2,3)4)19(15)14-16-9-10-17-7-5-6-8-18(17)13-16/h5-10,13,15,19H,11-12,14H2,1-4H3/t15-,19+/m0/s1. The summed E-state index contributed by atoms with van der Waals surface area (Å²) in [5.41, 5.74) is 0.831. The van der Waals surface area contributed by atoms with Gasteiger partial charge in [-0.3, -0.25) is 0 Å². The number of hydrogen-bond acceptors (Lipinski definition) is 2. The number of carbonyl (C=O) groups is 1. The molecule has 0 spiro atoms. The molecule has 128 valence electrons. The highest BCUT2D eigenvalue weighted by atomic mass is 16.6. The van der Waals surface area contributed by atoms with Gasteiger partial charge in [0.1, 0.15) is 5.60 Å². The number of benzene rings is 2. The highest BCUT2D eigenvalue weighted by Crippen LogP contribution is 2.29. The van der Waals surface area contributed by atoms with Gasteiger partial charge < -0.3 is 9.64 Å². The summed E-state index contributed by atoms with van der Waals surface area (Å²) >= 11 is 0. The van der Waals surface area contributed by atoms with E-state index in [0.717, 1.165) is 19.4 Å². The first-order valence-electron chi connectivity index (χ1n) is 8.81. The molecule has 0 aliphatic carbocycles. The molecule has 1 heterocycles. The van der Waals surface area contributed by atoms with Crippen LogP contribution in [0, 0.1) is 5.92 Å². The molecule has 1 saturated heterocycles. The summed E-state index contributed by atoms with van der Waals surface area (Å²) in [4.78, 5) is 14.4.